The van der Waals surface area contributed by atoms with E-state index in [2.05, 4.69) is 10.6 Å². The maximum absolute atomic E-state index is 13.6. The molecular formula is C28H31N3O5S. The lowest BCUT2D eigenvalue weighted by molar-refractivity contribution is -0.114. The number of carbonyl (C=O) groups is 2. The normalized spacial score (nSPS) is 15.2. The lowest BCUT2D eigenvalue weighted by atomic mass is 10.1. The Bertz CT molecular complexity index is 1340. The Morgan fingerprint density at radius 1 is 0.973 bits per heavy atom. The van der Waals surface area contributed by atoms with E-state index in [1.165, 1.54) is 12.1 Å². The molecule has 37 heavy (non-hydrogen) atoms. The molecule has 9 heteroatoms. The fraction of sp³-hybridized carbons (Fsp3) is 0.286. The molecule has 1 atom stereocenters. The second kappa shape index (κ2) is 12.0. The molecular weight excluding hydrogens is 490 g/mol. The Morgan fingerprint density at radius 3 is 2.41 bits per heavy atom. The standard InChI is InChI=1S/C28H31N3O5S/c1-2-21-11-6-9-17-26(21)31(37(34,35)23-13-4-3-5-14-23)20-27(32)30-25-16-8-7-15-24(25)28(33)29-19-22-12-10-18-36-22/h3-9,11,13-17,22H,2,10,12,18-20H2,1H3,(H,29,33)(H,30,32)/t22-/m1/s1. The van der Waals surface area contributed by atoms with Crippen LogP contribution >= 0.6 is 0 Å². The van der Waals surface area contributed by atoms with E-state index in [1.54, 1.807) is 54.6 Å². The molecule has 2 amide bonds. The van der Waals surface area contributed by atoms with Crippen LogP contribution in [-0.4, -0.2) is 46.0 Å². The number of sulfonamides is 1. The number of benzene rings is 3. The zero-order valence-electron chi connectivity index (χ0n) is 20.7. The number of carbonyl (C=O) groups excluding carboxylic acids is 2. The van der Waals surface area contributed by atoms with Gasteiger partial charge in [0.15, 0.2) is 0 Å². The van der Waals surface area contributed by atoms with E-state index >= 15 is 0 Å². The van der Waals surface area contributed by atoms with Gasteiger partial charge >= 0.3 is 0 Å². The smallest absolute Gasteiger partial charge is 0.264 e. The Balaban J connectivity index is 1.57. The first-order chi connectivity index (χ1) is 17.9. The van der Waals surface area contributed by atoms with Gasteiger partial charge in [0.2, 0.25) is 5.91 Å². The molecule has 1 aliphatic heterocycles. The first kappa shape index (κ1) is 26.4. The molecule has 0 aliphatic carbocycles. The van der Waals surface area contributed by atoms with E-state index in [4.69, 9.17) is 4.74 Å². The van der Waals surface area contributed by atoms with Crippen LogP contribution in [0.25, 0.3) is 0 Å². The molecule has 3 aromatic rings. The third-order valence-corrected chi connectivity index (χ3v) is 7.99. The zero-order chi connectivity index (χ0) is 26.3. The summed E-state index contributed by atoms with van der Waals surface area (Å²) in [6.07, 6.45) is 2.44. The first-order valence-corrected chi connectivity index (χ1v) is 13.8. The van der Waals surface area contributed by atoms with Crippen LogP contribution in [0, 0.1) is 0 Å². The molecule has 1 fully saturated rings. The van der Waals surface area contributed by atoms with Crippen molar-refractivity contribution in [2.24, 2.45) is 0 Å². The summed E-state index contributed by atoms with van der Waals surface area (Å²) in [5.74, 6) is -0.902. The minimum Gasteiger partial charge on any atom is -0.376 e. The molecule has 3 aromatic carbocycles. The number of hydrogen-bond acceptors (Lipinski definition) is 5. The molecule has 1 saturated heterocycles. The van der Waals surface area contributed by atoms with Crippen molar-refractivity contribution in [2.45, 2.75) is 37.2 Å². The van der Waals surface area contributed by atoms with Gasteiger partial charge in [-0.3, -0.25) is 13.9 Å². The van der Waals surface area contributed by atoms with Crippen molar-refractivity contribution in [3.8, 4) is 0 Å². The highest BCUT2D eigenvalue weighted by Crippen LogP contribution is 2.28. The van der Waals surface area contributed by atoms with Crippen LogP contribution in [0.15, 0.2) is 83.8 Å². The Morgan fingerprint density at radius 2 is 1.68 bits per heavy atom. The van der Waals surface area contributed by atoms with E-state index in [1.807, 2.05) is 19.1 Å². The van der Waals surface area contributed by atoms with E-state index in [-0.39, 0.29) is 16.9 Å². The van der Waals surface area contributed by atoms with Crippen LogP contribution in [0.1, 0.15) is 35.7 Å². The first-order valence-electron chi connectivity index (χ1n) is 12.3. The van der Waals surface area contributed by atoms with Crippen molar-refractivity contribution in [1.82, 2.24) is 5.32 Å². The van der Waals surface area contributed by atoms with E-state index in [9.17, 15) is 18.0 Å². The van der Waals surface area contributed by atoms with Crippen molar-refractivity contribution in [1.29, 1.82) is 0 Å². The summed E-state index contributed by atoms with van der Waals surface area (Å²) >= 11 is 0. The van der Waals surface area contributed by atoms with Gasteiger partial charge < -0.3 is 15.4 Å². The Kier molecular flexibility index (Phi) is 8.58. The molecule has 4 rings (SSSR count). The summed E-state index contributed by atoms with van der Waals surface area (Å²) in [6.45, 7) is 2.55. The summed E-state index contributed by atoms with van der Waals surface area (Å²) in [4.78, 5) is 26.2. The third-order valence-electron chi connectivity index (χ3n) is 6.22. The molecule has 8 nitrogen and oxygen atoms in total. The van der Waals surface area contributed by atoms with Crippen LogP contribution in [0.5, 0.6) is 0 Å². The molecule has 0 radical (unpaired) electrons. The van der Waals surface area contributed by atoms with Crippen molar-refractivity contribution in [3.05, 3.63) is 90.0 Å². The van der Waals surface area contributed by atoms with Gasteiger partial charge in [0.05, 0.1) is 27.9 Å². The van der Waals surface area contributed by atoms with Crippen molar-refractivity contribution >= 4 is 33.2 Å². The number of amides is 2. The number of aryl methyl sites for hydroxylation is 1. The number of para-hydroxylation sites is 2. The van der Waals surface area contributed by atoms with Gasteiger partial charge in [-0.05, 0) is 55.2 Å². The Hall–Kier alpha value is -3.69. The fourth-order valence-electron chi connectivity index (χ4n) is 4.29. The summed E-state index contributed by atoms with van der Waals surface area (Å²) in [5.41, 5.74) is 1.83. The molecule has 1 aliphatic rings. The van der Waals surface area contributed by atoms with Gasteiger partial charge in [-0.15, -0.1) is 0 Å². The topological polar surface area (TPSA) is 105 Å². The van der Waals surface area contributed by atoms with Crippen LogP contribution in [0.4, 0.5) is 11.4 Å². The van der Waals surface area contributed by atoms with Crippen molar-refractivity contribution < 1.29 is 22.7 Å². The van der Waals surface area contributed by atoms with E-state index < -0.39 is 22.5 Å². The van der Waals surface area contributed by atoms with Gasteiger partial charge in [-0.25, -0.2) is 8.42 Å². The van der Waals surface area contributed by atoms with E-state index in [0.717, 1.165) is 22.7 Å². The molecule has 1 heterocycles. The van der Waals surface area contributed by atoms with Gasteiger partial charge in [0.1, 0.15) is 6.54 Å². The maximum Gasteiger partial charge on any atom is 0.264 e. The lowest BCUT2D eigenvalue weighted by Gasteiger charge is -2.26. The second-order valence-corrected chi connectivity index (χ2v) is 10.6. The van der Waals surface area contributed by atoms with Crippen LogP contribution < -0.4 is 14.9 Å². The highest BCUT2D eigenvalue weighted by atomic mass is 32.2. The molecule has 0 bridgehead atoms. The highest BCUT2D eigenvalue weighted by Gasteiger charge is 2.29. The predicted molar refractivity (Wildman–Crippen MR) is 143 cm³/mol. The minimum absolute atomic E-state index is 0.0129. The zero-order valence-corrected chi connectivity index (χ0v) is 21.5. The quantitative estimate of drug-likeness (QED) is 0.420. The number of nitrogens with one attached hydrogen (secondary N) is 2. The predicted octanol–water partition coefficient (Wildman–Crippen LogP) is 3.99. The fourth-order valence-corrected chi connectivity index (χ4v) is 5.77. The third kappa shape index (κ3) is 6.36. The largest absolute Gasteiger partial charge is 0.376 e. The van der Waals surface area contributed by atoms with E-state index in [0.29, 0.717) is 36.5 Å². The minimum atomic E-state index is -4.04. The van der Waals surface area contributed by atoms with Crippen molar-refractivity contribution in [3.63, 3.8) is 0 Å². The number of hydrogen-bond donors (Lipinski definition) is 2. The maximum atomic E-state index is 13.6. The highest BCUT2D eigenvalue weighted by molar-refractivity contribution is 7.92. The average molecular weight is 522 g/mol. The SMILES string of the molecule is CCc1ccccc1N(CC(=O)Nc1ccccc1C(=O)NC[C@H]1CCCO1)S(=O)(=O)c1ccccc1. The van der Waals surface area contributed by atoms with Gasteiger partial charge in [-0.2, -0.15) is 0 Å². The summed E-state index contributed by atoms with van der Waals surface area (Å²) < 4.78 is 34.0. The molecule has 0 saturated carbocycles. The monoisotopic (exact) mass is 521 g/mol. The molecule has 0 spiro atoms. The second-order valence-electron chi connectivity index (χ2n) is 8.75. The molecule has 0 aromatic heterocycles. The number of ether oxygens (including phenoxy) is 1. The summed E-state index contributed by atoms with van der Waals surface area (Å²) in [7, 11) is -4.04. The van der Waals surface area contributed by atoms with Gasteiger partial charge in [0.25, 0.3) is 15.9 Å². The molecule has 0 unspecified atom stereocenters. The van der Waals surface area contributed by atoms with Crippen LogP contribution in [0.2, 0.25) is 0 Å². The number of nitrogens with zero attached hydrogens (tertiary/aromatic N) is 1. The number of rotatable bonds is 10. The summed E-state index contributed by atoms with van der Waals surface area (Å²) in [6, 6.07) is 21.8. The average Bonchev–Trinajstić information content (AvgIpc) is 3.45. The van der Waals surface area contributed by atoms with Crippen molar-refractivity contribution in [2.75, 3.05) is 29.3 Å². The van der Waals surface area contributed by atoms with Gasteiger partial charge in [0, 0.05) is 13.2 Å². The van der Waals surface area contributed by atoms with Crippen LogP contribution in [0.3, 0.4) is 0 Å². The van der Waals surface area contributed by atoms with Gasteiger partial charge in [-0.1, -0.05) is 55.5 Å². The molecule has 194 valence electrons. The lowest BCUT2D eigenvalue weighted by Crippen LogP contribution is -2.39. The summed E-state index contributed by atoms with van der Waals surface area (Å²) in [5, 5.41) is 5.60. The van der Waals surface area contributed by atoms with Crippen LogP contribution in [-0.2, 0) is 26.0 Å². The number of anilines is 2. The Labute approximate surface area is 217 Å². The molecule has 2 N–H and O–H groups in total.